The largest absolute Gasteiger partial charge is 0.481 e. The van der Waals surface area contributed by atoms with E-state index in [0.717, 1.165) is 12.0 Å². The number of carboxylic acids is 1. The molecular formula is C16H20O2. The minimum absolute atomic E-state index is 0.432. The second-order valence-electron chi connectivity index (χ2n) is 5.11. The third-order valence-electron chi connectivity index (χ3n) is 3.76. The minimum Gasteiger partial charge on any atom is -0.481 e. The molecule has 1 aliphatic carbocycles. The summed E-state index contributed by atoms with van der Waals surface area (Å²) in [5.74, 6) is -1.20. The first-order valence-electron chi connectivity index (χ1n) is 6.62. The molecule has 2 heteroatoms. The van der Waals surface area contributed by atoms with Crippen LogP contribution in [0.4, 0.5) is 0 Å². The SMILES string of the molecule is Cc1cc(C(C)C(=O)O)ccc1C1=CCCCC1. The zero-order valence-corrected chi connectivity index (χ0v) is 11.1. The van der Waals surface area contributed by atoms with Crippen molar-refractivity contribution in [3.63, 3.8) is 0 Å². The van der Waals surface area contributed by atoms with Gasteiger partial charge in [-0.15, -0.1) is 0 Å². The molecule has 1 aromatic carbocycles. The van der Waals surface area contributed by atoms with Crippen LogP contribution in [-0.2, 0) is 4.79 Å². The van der Waals surface area contributed by atoms with Crippen LogP contribution in [0.1, 0.15) is 55.2 Å². The van der Waals surface area contributed by atoms with Gasteiger partial charge in [-0.1, -0.05) is 24.3 Å². The van der Waals surface area contributed by atoms with Gasteiger partial charge in [-0.3, -0.25) is 4.79 Å². The Bertz CT molecular complexity index is 486. The molecule has 1 aliphatic rings. The second kappa shape index (κ2) is 5.38. The average molecular weight is 244 g/mol. The van der Waals surface area contributed by atoms with Gasteiger partial charge in [-0.05, 0) is 61.8 Å². The Balaban J connectivity index is 2.30. The highest BCUT2D eigenvalue weighted by Crippen LogP contribution is 2.30. The van der Waals surface area contributed by atoms with Crippen LogP contribution in [0.25, 0.3) is 5.57 Å². The van der Waals surface area contributed by atoms with E-state index in [0.29, 0.717) is 0 Å². The van der Waals surface area contributed by atoms with E-state index in [9.17, 15) is 4.79 Å². The average Bonchev–Trinajstić information content (AvgIpc) is 2.38. The number of carbonyl (C=O) groups is 1. The van der Waals surface area contributed by atoms with Crippen molar-refractivity contribution in [3.05, 3.63) is 41.0 Å². The molecule has 0 radical (unpaired) electrons. The summed E-state index contributed by atoms with van der Waals surface area (Å²) >= 11 is 0. The Morgan fingerprint density at radius 2 is 2.11 bits per heavy atom. The number of allylic oxidation sites excluding steroid dienone is 2. The molecule has 1 unspecified atom stereocenters. The van der Waals surface area contributed by atoms with E-state index in [4.69, 9.17) is 5.11 Å². The zero-order chi connectivity index (χ0) is 13.1. The molecule has 1 aromatic rings. The van der Waals surface area contributed by atoms with Crippen LogP contribution in [-0.4, -0.2) is 11.1 Å². The number of aliphatic carboxylic acids is 1. The number of aryl methyl sites for hydroxylation is 1. The van der Waals surface area contributed by atoms with Gasteiger partial charge in [-0.2, -0.15) is 0 Å². The van der Waals surface area contributed by atoms with Crippen LogP contribution in [0.5, 0.6) is 0 Å². The maximum absolute atomic E-state index is 11.0. The number of hydrogen-bond acceptors (Lipinski definition) is 1. The molecule has 2 nitrogen and oxygen atoms in total. The van der Waals surface area contributed by atoms with Gasteiger partial charge in [-0.25, -0.2) is 0 Å². The lowest BCUT2D eigenvalue weighted by Crippen LogP contribution is -2.08. The summed E-state index contributed by atoms with van der Waals surface area (Å²) in [6.45, 7) is 3.81. The molecule has 0 aliphatic heterocycles. The summed E-state index contributed by atoms with van der Waals surface area (Å²) in [7, 11) is 0. The smallest absolute Gasteiger partial charge is 0.310 e. The highest BCUT2D eigenvalue weighted by Gasteiger charge is 2.15. The molecule has 0 bridgehead atoms. The summed E-state index contributed by atoms with van der Waals surface area (Å²) in [5.41, 5.74) is 4.79. The van der Waals surface area contributed by atoms with Crippen molar-refractivity contribution in [2.75, 3.05) is 0 Å². The summed E-state index contributed by atoms with van der Waals surface area (Å²) in [6.07, 6.45) is 7.19. The molecule has 96 valence electrons. The molecule has 0 heterocycles. The van der Waals surface area contributed by atoms with Gasteiger partial charge < -0.3 is 5.11 Å². The van der Waals surface area contributed by atoms with Crippen molar-refractivity contribution < 1.29 is 9.90 Å². The first-order chi connectivity index (χ1) is 8.59. The van der Waals surface area contributed by atoms with Crippen molar-refractivity contribution in [2.24, 2.45) is 0 Å². The van der Waals surface area contributed by atoms with Crippen LogP contribution in [0.3, 0.4) is 0 Å². The zero-order valence-electron chi connectivity index (χ0n) is 11.1. The van der Waals surface area contributed by atoms with E-state index >= 15 is 0 Å². The van der Waals surface area contributed by atoms with Gasteiger partial charge in [0.05, 0.1) is 5.92 Å². The van der Waals surface area contributed by atoms with Crippen molar-refractivity contribution >= 4 is 11.5 Å². The molecule has 18 heavy (non-hydrogen) atoms. The molecule has 0 saturated heterocycles. The van der Waals surface area contributed by atoms with Crippen LogP contribution in [0.2, 0.25) is 0 Å². The Morgan fingerprint density at radius 1 is 1.33 bits per heavy atom. The van der Waals surface area contributed by atoms with E-state index in [1.807, 2.05) is 12.1 Å². The normalized spacial score (nSPS) is 17.1. The van der Waals surface area contributed by atoms with E-state index in [1.165, 1.54) is 36.0 Å². The van der Waals surface area contributed by atoms with Crippen LogP contribution >= 0.6 is 0 Å². The number of hydrogen-bond donors (Lipinski definition) is 1. The molecular weight excluding hydrogens is 224 g/mol. The van der Waals surface area contributed by atoms with Crippen molar-refractivity contribution in [1.82, 2.24) is 0 Å². The third kappa shape index (κ3) is 2.63. The van der Waals surface area contributed by atoms with Gasteiger partial charge in [0, 0.05) is 0 Å². The number of benzene rings is 1. The lowest BCUT2D eigenvalue weighted by atomic mass is 9.89. The number of rotatable bonds is 3. The van der Waals surface area contributed by atoms with Crippen molar-refractivity contribution in [3.8, 4) is 0 Å². The molecule has 0 amide bonds. The highest BCUT2D eigenvalue weighted by molar-refractivity contribution is 5.76. The summed E-state index contributed by atoms with van der Waals surface area (Å²) in [5, 5.41) is 9.03. The van der Waals surface area contributed by atoms with E-state index in [1.54, 1.807) is 6.92 Å². The first-order valence-corrected chi connectivity index (χ1v) is 6.62. The molecule has 2 rings (SSSR count). The Kier molecular flexibility index (Phi) is 3.85. The molecule has 0 saturated carbocycles. The fourth-order valence-corrected chi connectivity index (χ4v) is 2.54. The molecule has 0 aromatic heterocycles. The lowest BCUT2D eigenvalue weighted by molar-refractivity contribution is -0.138. The first kappa shape index (κ1) is 12.9. The van der Waals surface area contributed by atoms with Crippen molar-refractivity contribution in [1.29, 1.82) is 0 Å². The minimum atomic E-state index is -0.765. The van der Waals surface area contributed by atoms with Crippen LogP contribution in [0.15, 0.2) is 24.3 Å². The van der Waals surface area contributed by atoms with Crippen LogP contribution in [0, 0.1) is 6.92 Å². The summed E-state index contributed by atoms with van der Waals surface area (Å²) < 4.78 is 0. The van der Waals surface area contributed by atoms with Gasteiger partial charge in [0.25, 0.3) is 0 Å². The lowest BCUT2D eigenvalue weighted by Gasteiger charge is -2.17. The van der Waals surface area contributed by atoms with Gasteiger partial charge >= 0.3 is 5.97 Å². The predicted octanol–water partition coefficient (Wildman–Crippen LogP) is 4.14. The van der Waals surface area contributed by atoms with E-state index in [2.05, 4.69) is 19.1 Å². The van der Waals surface area contributed by atoms with Crippen LogP contribution < -0.4 is 0 Å². The Hall–Kier alpha value is -1.57. The molecule has 0 fully saturated rings. The van der Waals surface area contributed by atoms with Gasteiger partial charge in [0.15, 0.2) is 0 Å². The molecule has 0 spiro atoms. The van der Waals surface area contributed by atoms with Crippen molar-refractivity contribution in [2.45, 2.75) is 45.4 Å². The quantitative estimate of drug-likeness (QED) is 0.867. The Labute approximate surface area is 108 Å². The standard InChI is InChI=1S/C16H20O2/c1-11-10-14(12(2)16(17)18)8-9-15(11)13-6-4-3-5-7-13/h6,8-10,12H,3-5,7H2,1-2H3,(H,17,18). The van der Waals surface area contributed by atoms with E-state index < -0.39 is 11.9 Å². The summed E-state index contributed by atoms with van der Waals surface area (Å²) in [4.78, 5) is 11.0. The Morgan fingerprint density at radius 3 is 2.67 bits per heavy atom. The van der Waals surface area contributed by atoms with Gasteiger partial charge in [0.2, 0.25) is 0 Å². The third-order valence-corrected chi connectivity index (χ3v) is 3.76. The molecule has 1 atom stereocenters. The maximum atomic E-state index is 11.0. The number of carboxylic acid groups (broad SMARTS) is 1. The monoisotopic (exact) mass is 244 g/mol. The fourth-order valence-electron chi connectivity index (χ4n) is 2.54. The summed E-state index contributed by atoms with van der Waals surface area (Å²) in [6, 6.07) is 6.06. The topological polar surface area (TPSA) is 37.3 Å². The maximum Gasteiger partial charge on any atom is 0.310 e. The predicted molar refractivity (Wildman–Crippen MR) is 73.7 cm³/mol. The second-order valence-corrected chi connectivity index (χ2v) is 5.11. The fraction of sp³-hybridized carbons (Fsp3) is 0.438. The van der Waals surface area contributed by atoms with Gasteiger partial charge in [0.1, 0.15) is 0 Å². The highest BCUT2D eigenvalue weighted by atomic mass is 16.4. The molecule has 1 N–H and O–H groups in total. The van der Waals surface area contributed by atoms with E-state index in [-0.39, 0.29) is 0 Å².